The fourth-order valence-electron chi connectivity index (χ4n) is 11.3. The fraction of sp³-hybridized carbons (Fsp3) is 0.759. The Kier molecular flexibility index (Phi) is 3.75. The molecule has 2 saturated carbocycles. The highest BCUT2D eigenvalue weighted by Gasteiger charge is 2.98. The predicted molar refractivity (Wildman–Crippen MR) is 128 cm³/mol. The Morgan fingerprint density at radius 1 is 1.05 bits per heavy atom. The van der Waals surface area contributed by atoms with Gasteiger partial charge in [-0.05, 0) is 45.1 Å². The van der Waals surface area contributed by atoms with E-state index in [-0.39, 0.29) is 36.9 Å². The van der Waals surface area contributed by atoms with Crippen LogP contribution in [0.5, 0.6) is 0 Å². The smallest absolute Gasteiger partial charge is 0.339 e. The van der Waals surface area contributed by atoms with Crippen LogP contribution in [0.4, 0.5) is 0 Å². The van der Waals surface area contributed by atoms with Crippen LogP contribution in [0.3, 0.4) is 0 Å². The number of cyclic esters (lactones) is 1. The highest BCUT2D eigenvalue weighted by Crippen LogP contribution is 2.85. The largest absolute Gasteiger partial charge is 0.450 e. The molecule has 7 aliphatic heterocycles. The Labute approximate surface area is 229 Å². The number of aliphatic hydroxyl groups is 3. The molecule has 0 amide bonds. The molecule has 40 heavy (non-hydrogen) atoms. The van der Waals surface area contributed by atoms with Crippen molar-refractivity contribution in [3.05, 3.63) is 23.0 Å². The summed E-state index contributed by atoms with van der Waals surface area (Å²) in [5.74, 6) is -9.25. The molecule has 6 saturated heterocycles. The number of esters is 2. The van der Waals surface area contributed by atoms with E-state index in [0.717, 1.165) is 0 Å². The molecule has 8 fully saturated rings. The zero-order valence-corrected chi connectivity index (χ0v) is 22.8. The average molecular weight is 557 g/mol. The zero-order valence-electron chi connectivity index (χ0n) is 22.8. The Morgan fingerprint density at radius 2 is 1.77 bits per heavy atom. The van der Waals surface area contributed by atoms with Gasteiger partial charge in [0.15, 0.2) is 0 Å². The monoisotopic (exact) mass is 556 g/mol. The van der Waals surface area contributed by atoms with E-state index in [4.69, 9.17) is 23.7 Å². The summed E-state index contributed by atoms with van der Waals surface area (Å²) in [5, 5.41) is 37.9. The molecule has 0 aromatic heterocycles. The van der Waals surface area contributed by atoms with Gasteiger partial charge in [0.25, 0.3) is 0 Å². The van der Waals surface area contributed by atoms with Gasteiger partial charge < -0.3 is 39.0 Å². The maximum Gasteiger partial charge on any atom is 0.339 e. The van der Waals surface area contributed by atoms with E-state index in [1.807, 2.05) is 27.7 Å². The zero-order chi connectivity index (χ0) is 28.4. The molecule has 4 bridgehead atoms. The number of fused-ring (bicyclic) bond motifs is 6. The molecule has 9 aliphatic rings. The van der Waals surface area contributed by atoms with Crippen LogP contribution in [0.25, 0.3) is 0 Å². The van der Waals surface area contributed by atoms with E-state index < -0.39 is 87.1 Å². The predicted octanol–water partition coefficient (Wildman–Crippen LogP) is 0.394. The van der Waals surface area contributed by atoms with Crippen molar-refractivity contribution in [3.63, 3.8) is 0 Å². The quantitative estimate of drug-likeness (QED) is 0.355. The minimum Gasteiger partial charge on any atom is -0.450 e. The van der Waals surface area contributed by atoms with Crippen molar-refractivity contribution >= 4 is 17.7 Å². The number of carbonyl (C=O) groups excluding carboxylic acids is 3. The second kappa shape index (κ2) is 6.14. The highest BCUT2D eigenvalue weighted by molar-refractivity contribution is 5.95. The van der Waals surface area contributed by atoms with Crippen LogP contribution >= 0.6 is 0 Å². The van der Waals surface area contributed by atoms with Gasteiger partial charge >= 0.3 is 11.9 Å². The molecule has 214 valence electrons. The van der Waals surface area contributed by atoms with E-state index in [9.17, 15) is 29.7 Å². The molecule has 0 unspecified atom stereocenters. The number of ketones is 1. The lowest BCUT2D eigenvalue weighted by Gasteiger charge is -2.53. The lowest BCUT2D eigenvalue weighted by molar-refractivity contribution is -0.393. The van der Waals surface area contributed by atoms with Gasteiger partial charge in [0.05, 0.1) is 29.6 Å². The number of rotatable bonds is 0. The third kappa shape index (κ3) is 1.99. The summed E-state index contributed by atoms with van der Waals surface area (Å²) in [5.41, 5.74) is -6.43. The number of allylic oxidation sites excluding steroid dienone is 1. The van der Waals surface area contributed by atoms with Crippen molar-refractivity contribution in [1.82, 2.24) is 0 Å². The maximum atomic E-state index is 14.3. The van der Waals surface area contributed by atoms with Gasteiger partial charge in [0.2, 0.25) is 23.0 Å². The number of Topliss-reactive ketones (excluding diaryl/α,β-unsaturated/α-hetero) is 1. The fourth-order valence-corrected chi connectivity index (χ4v) is 11.3. The van der Waals surface area contributed by atoms with Crippen LogP contribution < -0.4 is 0 Å². The molecular weight excluding hydrogens is 524 g/mol. The molecular formula is C29H32O11. The molecule has 3 N–H and O–H groups in total. The molecule has 11 nitrogen and oxygen atoms in total. The van der Waals surface area contributed by atoms with Crippen LogP contribution in [0, 0.1) is 35.0 Å². The third-order valence-corrected chi connectivity index (χ3v) is 12.7. The summed E-state index contributed by atoms with van der Waals surface area (Å²) in [6.07, 6.45) is -0.374. The molecule has 7 heterocycles. The molecule has 2 spiro atoms. The third-order valence-electron chi connectivity index (χ3n) is 12.7. The first kappa shape index (κ1) is 24.4. The molecule has 13 atom stereocenters. The number of hydrogen-bond donors (Lipinski definition) is 3. The van der Waals surface area contributed by atoms with Crippen LogP contribution in [-0.4, -0.2) is 79.2 Å². The van der Waals surface area contributed by atoms with E-state index in [1.165, 1.54) is 0 Å². The molecule has 2 aliphatic carbocycles. The van der Waals surface area contributed by atoms with E-state index in [1.54, 1.807) is 13.0 Å². The molecule has 9 rings (SSSR count). The summed E-state index contributed by atoms with van der Waals surface area (Å²) >= 11 is 0. The number of carbonyl (C=O) groups is 3. The lowest BCUT2D eigenvalue weighted by atomic mass is 9.61. The van der Waals surface area contributed by atoms with Crippen LogP contribution in [0.2, 0.25) is 0 Å². The molecule has 0 aromatic rings. The van der Waals surface area contributed by atoms with Gasteiger partial charge in [-0.2, -0.15) is 0 Å². The normalized spacial score (nSPS) is 62.9. The Hall–Kier alpha value is -2.15. The van der Waals surface area contributed by atoms with Crippen LogP contribution in [0.1, 0.15) is 53.9 Å². The van der Waals surface area contributed by atoms with Gasteiger partial charge in [-0.3, -0.25) is 9.59 Å². The van der Waals surface area contributed by atoms with Gasteiger partial charge in [-0.25, -0.2) is 4.79 Å². The van der Waals surface area contributed by atoms with Gasteiger partial charge in [-0.1, -0.05) is 13.8 Å². The molecule has 11 heteroatoms. The Morgan fingerprint density at radius 3 is 2.45 bits per heavy atom. The maximum absolute atomic E-state index is 14.3. The van der Waals surface area contributed by atoms with Crippen molar-refractivity contribution in [1.29, 1.82) is 0 Å². The van der Waals surface area contributed by atoms with Crippen molar-refractivity contribution in [3.8, 4) is 0 Å². The minimum absolute atomic E-state index is 0.117. The van der Waals surface area contributed by atoms with Crippen LogP contribution in [-0.2, 0) is 38.1 Å². The van der Waals surface area contributed by atoms with Crippen molar-refractivity contribution < 1.29 is 53.4 Å². The van der Waals surface area contributed by atoms with Crippen molar-refractivity contribution in [2.24, 2.45) is 35.0 Å². The Balaban J connectivity index is 1.31. The summed E-state index contributed by atoms with van der Waals surface area (Å²) in [6, 6.07) is 0. The second-order valence-corrected chi connectivity index (χ2v) is 14.4. The average Bonchev–Trinajstić information content (AvgIpc) is 3.10. The summed E-state index contributed by atoms with van der Waals surface area (Å²) < 4.78 is 30.8. The summed E-state index contributed by atoms with van der Waals surface area (Å²) in [4.78, 5) is 39.4. The molecule has 0 aromatic carbocycles. The van der Waals surface area contributed by atoms with E-state index in [0.29, 0.717) is 11.1 Å². The lowest BCUT2D eigenvalue weighted by Crippen LogP contribution is -2.74. The first-order valence-electron chi connectivity index (χ1n) is 14.2. The first-order valence-corrected chi connectivity index (χ1v) is 14.2. The Bertz CT molecular complexity index is 1460. The van der Waals surface area contributed by atoms with Gasteiger partial charge in [0, 0.05) is 34.8 Å². The van der Waals surface area contributed by atoms with Crippen molar-refractivity contribution in [2.75, 3.05) is 0 Å². The van der Waals surface area contributed by atoms with Crippen molar-refractivity contribution in [2.45, 2.75) is 100 Å². The SMILES string of the molecule is CC1=C/C(=C2/[C@@H](C)[C@@H]3[C@H]4[C@]3(C)[C@]2(O)C[C@@]23O[C@]4(O)C(=O)[C@@H]2[C@H]2C[C@H]4C(C)(C)O[C@@H]5CC(=O)O[C@@]54[C@]3(O)O2)OC1=O. The van der Waals surface area contributed by atoms with E-state index >= 15 is 0 Å². The van der Waals surface area contributed by atoms with E-state index in [2.05, 4.69) is 0 Å². The summed E-state index contributed by atoms with van der Waals surface area (Å²) in [7, 11) is 0. The minimum atomic E-state index is -2.42. The second-order valence-electron chi connectivity index (χ2n) is 14.4. The number of ether oxygens (including phenoxy) is 5. The van der Waals surface area contributed by atoms with Gasteiger partial charge in [0.1, 0.15) is 17.5 Å². The first-order chi connectivity index (χ1) is 18.5. The van der Waals surface area contributed by atoms with Gasteiger partial charge in [-0.15, -0.1) is 0 Å². The highest BCUT2D eigenvalue weighted by atomic mass is 16.8. The van der Waals surface area contributed by atoms with Crippen LogP contribution in [0.15, 0.2) is 23.0 Å². The molecule has 0 radical (unpaired) electrons. The standard InChI is InChI=1S/C29H32O11/c1-10-6-12(36-22(10)32)17-11(2)18-20-24(18,5)25(17,33)9-26-19(21(31)28(20,34)40-26)13-7-14-23(3,4)38-15-8-16(30)39-27(14,15)29(26,35)37-13/h6,11,13-15,18-20,33-35H,7-9H2,1-5H3/b17-12+/t11-,13-,14+,15-,18-,19+,20+,24-,25+,26-,27-,28+,29-/m1/s1. The topological polar surface area (TPSA) is 158 Å². The summed E-state index contributed by atoms with van der Waals surface area (Å²) in [6.45, 7) is 9.05. The number of hydrogen-bond acceptors (Lipinski definition) is 11.